The summed E-state index contributed by atoms with van der Waals surface area (Å²) >= 11 is 0. The first-order valence-electron chi connectivity index (χ1n) is 17.6. The Morgan fingerprint density at radius 2 is 1.02 bits per heavy atom. The van der Waals surface area contributed by atoms with Crippen molar-refractivity contribution in [2.24, 2.45) is 0 Å². The van der Waals surface area contributed by atoms with E-state index in [2.05, 4.69) is 92.1 Å². The lowest BCUT2D eigenvalue weighted by Crippen LogP contribution is -2.45. The van der Waals surface area contributed by atoms with Crippen molar-refractivity contribution >= 4 is 5.91 Å². The summed E-state index contributed by atoms with van der Waals surface area (Å²) in [7, 11) is 0. The van der Waals surface area contributed by atoms with Gasteiger partial charge in [0, 0.05) is 6.42 Å². The summed E-state index contributed by atoms with van der Waals surface area (Å²) in [6.45, 7) is 4.18. The lowest BCUT2D eigenvalue weighted by atomic mass is 10.0. The lowest BCUT2D eigenvalue weighted by Gasteiger charge is -2.22. The third-order valence-corrected chi connectivity index (χ3v) is 7.48. The third kappa shape index (κ3) is 31.1. The number of carbonyl (C=O) groups excluding carboxylic acids is 1. The molecule has 0 saturated carbocycles. The highest BCUT2D eigenvalue weighted by atomic mass is 16.3. The second kappa shape index (κ2) is 34.3. The summed E-state index contributed by atoms with van der Waals surface area (Å²) in [5.41, 5.74) is 0. The zero-order valence-electron chi connectivity index (χ0n) is 27.9. The fourth-order valence-electron chi connectivity index (χ4n) is 4.77. The van der Waals surface area contributed by atoms with Crippen LogP contribution in [0.1, 0.15) is 149 Å². The van der Waals surface area contributed by atoms with Gasteiger partial charge in [-0.3, -0.25) is 4.79 Å². The Kier molecular flexibility index (Phi) is 32.6. The first-order valence-corrected chi connectivity index (χ1v) is 17.6. The van der Waals surface area contributed by atoms with Gasteiger partial charge in [-0.2, -0.15) is 0 Å². The van der Waals surface area contributed by atoms with Gasteiger partial charge in [-0.1, -0.05) is 151 Å². The van der Waals surface area contributed by atoms with E-state index in [0.717, 1.165) is 83.5 Å². The number of aliphatic hydroxyl groups is 2. The summed E-state index contributed by atoms with van der Waals surface area (Å²) in [5, 5.41) is 22.9. The van der Waals surface area contributed by atoms with E-state index in [0.29, 0.717) is 12.8 Å². The minimum absolute atomic E-state index is 0.0639. The van der Waals surface area contributed by atoms with Crippen LogP contribution in [0.25, 0.3) is 0 Å². The standard InChI is InChI=1S/C39H67NO3/c1-3-5-7-9-11-13-14-15-16-17-18-19-20-21-22-23-24-25-26-27-29-31-33-35-39(43)40-37(36-41)38(42)34-32-30-28-12-10-8-6-4-2/h5,7,11,13,15-16,18-19,21-22,24-25,37-38,41-42H,3-4,6,8-10,12,14,17,20,23,26-36H2,1-2H3,(H,40,43)/b7-5-,13-11-,16-15-,19-18-,22-21-,25-24-. The molecule has 0 fully saturated rings. The molecule has 43 heavy (non-hydrogen) atoms. The van der Waals surface area contributed by atoms with Crippen LogP contribution in [0.3, 0.4) is 0 Å². The Hall–Kier alpha value is -2.17. The maximum absolute atomic E-state index is 12.3. The van der Waals surface area contributed by atoms with Crippen molar-refractivity contribution in [1.82, 2.24) is 5.32 Å². The Bertz CT molecular complexity index is 777. The summed E-state index contributed by atoms with van der Waals surface area (Å²) in [6, 6.07) is -0.551. The molecule has 0 saturated heterocycles. The minimum atomic E-state index is -0.671. The number of hydrogen-bond acceptors (Lipinski definition) is 3. The molecule has 0 spiro atoms. The first-order chi connectivity index (χ1) is 21.2. The van der Waals surface area contributed by atoms with Gasteiger partial charge in [-0.05, 0) is 64.2 Å². The van der Waals surface area contributed by atoms with E-state index in [1.54, 1.807) is 0 Å². The second-order valence-corrected chi connectivity index (χ2v) is 11.6. The molecule has 2 unspecified atom stereocenters. The van der Waals surface area contributed by atoms with Crippen LogP contribution in [0.15, 0.2) is 72.9 Å². The molecule has 0 aromatic rings. The van der Waals surface area contributed by atoms with Crippen LogP contribution in [0.4, 0.5) is 0 Å². The number of amides is 1. The largest absolute Gasteiger partial charge is 0.394 e. The quantitative estimate of drug-likeness (QED) is 0.0570. The van der Waals surface area contributed by atoms with Crippen molar-refractivity contribution in [1.29, 1.82) is 0 Å². The molecule has 0 radical (unpaired) electrons. The smallest absolute Gasteiger partial charge is 0.220 e. The van der Waals surface area contributed by atoms with E-state index in [9.17, 15) is 15.0 Å². The number of allylic oxidation sites excluding steroid dienone is 12. The number of rotatable bonds is 30. The van der Waals surface area contributed by atoms with Gasteiger partial charge in [0.05, 0.1) is 18.8 Å². The molecule has 0 heterocycles. The molecule has 4 heteroatoms. The van der Waals surface area contributed by atoms with E-state index in [4.69, 9.17) is 0 Å². The molecule has 246 valence electrons. The number of unbranched alkanes of at least 4 members (excludes halogenated alkanes) is 11. The summed E-state index contributed by atoms with van der Waals surface area (Å²) in [4.78, 5) is 12.3. The first kappa shape index (κ1) is 40.8. The molecule has 0 aliphatic heterocycles. The van der Waals surface area contributed by atoms with Gasteiger partial charge in [0.2, 0.25) is 5.91 Å². The predicted molar refractivity (Wildman–Crippen MR) is 188 cm³/mol. The van der Waals surface area contributed by atoms with Gasteiger partial charge in [-0.25, -0.2) is 0 Å². The summed E-state index contributed by atoms with van der Waals surface area (Å²) < 4.78 is 0. The molecule has 0 bridgehead atoms. The highest BCUT2D eigenvalue weighted by molar-refractivity contribution is 5.76. The number of carbonyl (C=O) groups is 1. The zero-order chi connectivity index (χ0) is 31.5. The molecular formula is C39H67NO3. The van der Waals surface area contributed by atoms with Crippen LogP contribution in [0.2, 0.25) is 0 Å². The van der Waals surface area contributed by atoms with Gasteiger partial charge in [-0.15, -0.1) is 0 Å². The van der Waals surface area contributed by atoms with Crippen molar-refractivity contribution in [3.8, 4) is 0 Å². The van der Waals surface area contributed by atoms with Crippen molar-refractivity contribution in [2.45, 2.75) is 161 Å². The van der Waals surface area contributed by atoms with E-state index >= 15 is 0 Å². The normalized spacial score (nSPS) is 14.0. The SMILES string of the molecule is CC/C=C\C/C=C\C/C=C\C/C=C\C/C=C\C/C=C\CCCCCCC(=O)NC(CO)C(O)CCCCCCCCCC. The van der Waals surface area contributed by atoms with Crippen LogP contribution in [-0.2, 0) is 4.79 Å². The molecule has 0 aliphatic rings. The monoisotopic (exact) mass is 598 g/mol. The van der Waals surface area contributed by atoms with Crippen LogP contribution in [0, 0.1) is 0 Å². The molecule has 4 nitrogen and oxygen atoms in total. The molecule has 3 N–H and O–H groups in total. The Morgan fingerprint density at radius 1 is 0.581 bits per heavy atom. The average molecular weight is 598 g/mol. The van der Waals surface area contributed by atoms with Gasteiger partial charge < -0.3 is 15.5 Å². The van der Waals surface area contributed by atoms with Crippen molar-refractivity contribution < 1.29 is 15.0 Å². The summed E-state index contributed by atoms with van der Waals surface area (Å²) in [6.07, 6.45) is 48.1. The highest BCUT2D eigenvalue weighted by Crippen LogP contribution is 2.12. The van der Waals surface area contributed by atoms with E-state index in [1.807, 2.05) is 0 Å². The molecule has 1 amide bonds. The zero-order valence-corrected chi connectivity index (χ0v) is 27.9. The maximum Gasteiger partial charge on any atom is 0.220 e. The highest BCUT2D eigenvalue weighted by Gasteiger charge is 2.19. The van der Waals surface area contributed by atoms with Gasteiger partial charge in [0.15, 0.2) is 0 Å². The van der Waals surface area contributed by atoms with E-state index < -0.39 is 12.1 Å². The van der Waals surface area contributed by atoms with Crippen molar-refractivity contribution in [3.63, 3.8) is 0 Å². The maximum atomic E-state index is 12.3. The van der Waals surface area contributed by atoms with Gasteiger partial charge in [0.25, 0.3) is 0 Å². The summed E-state index contributed by atoms with van der Waals surface area (Å²) in [5.74, 6) is -0.0639. The Morgan fingerprint density at radius 3 is 1.53 bits per heavy atom. The average Bonchev–Trinajstić information content (AvgIpc) is 3.01. The predicted octanol–water partition coefficient (Wildman–Crippen LogP) is 10.4. The Balaban J connectivity index is 3.69. The number of hydrogen-bond donors (Lipinski definition) is 3. The lowest BCUT2D eigenvalue weighted by molar-refractivity contribution is -0.123. The molecule has 0 rings (SSSR count). The fraction of sp³-hybridized carbons (Fsp3) is 0.667. The van der Waals surface area contributed by atoms with Crippen LogP contribution < -0.4 is 5.32 Å². The molecule has 2 atom stereocenters. The van der Waals surface area contributed by atoms with E-state index in [1.165, 1.54) is 38.5 Å². The topological polar surface area (TPSA) is 69.6 Å². The van der Waals surface area contributed by atoms with Gasteiger partial charge in [0.1, 0.15) is 0 Å². The Labute approximate surface area is 266 Å². The van der Waals surface area contributed by atoms with Gasteiger partial charge >= 0.3 is 0 Å². The van der Waals surface area contributed by atoms with Crippen LogP contribution in [0.5, 0.6) is 0 Å². The molecule has 0 aromatic heterocycles. The molecule has 0 aromatic carbocycles. The van der Waals surface area contributed by atoms with Crippen molar-refractivity contribution in [3.05, 3.63) is 72.9 Å². The molecule has 0 aliphatic carbocycles. The number of aliphatic hydroxyl groups excluding tert-OH is 2. The third-order valence-electron chi connectivity index (χ3n) is 7.48. The van der Waals surface area contributed by atoms with E-state index in [-0.39, 0.29) is 12.5 Å². The molecular weight excluding hydrogens is 530 g/mol. The van der Waals surface area contributed by atoms with Crippen LogP contribution in [-0.4, -0.2) is 34.9 Å². The minimum Gasteiger partial charge on any atom is -0.394 e. The van der Waals surface area contributed by atoms with Crippen molar-refractivity contribution in [2.75, 3.05) is 6.61 Å². The van der Waals surface area contributed by atoms with Crippen LogP contribution >= 0.6 is 0 Å². The fourth-order valence-corrected chi connectivity index (χ4v) is 4.77. The number of nitrogens with one attached hydrogen (secondary N) is 1. The second-order valence-electron chi connectivity index (χ2n) is 11.6.